The standard InChI is InChI=1S/C22H25B2N/c1-4-5-8-18-12-11-17(16(2)22(18)24-23)13-14-20-15-19-9-6-7-10-21(19)25(20)3/h6-7,9-14H,4-5,8,15H2,1-3H3/q+1/b14-13+. The van der Waals surface area contributed by atoms with Gasteiger partial charge in [-0.05, 0) is 31.4 Å². The van der Waals surface area contributed by atoms with Crippen molar-refractivity contribution in [3.05, 3.63) is 64.7 Å². The highest BCUT2D eigenvalue weighted by molar-refractivity contribution is 6.98. The number of unbranched alkanes of at least 4 members (excludes halogenated alkanes) is 1. The predicted molar refractivity (Wildman–Crippen MR) is 111 cm³/mol. The minimum atomic E-state index is 0.993. The van der Waals surface area contributed by atoms with Crippen molar-refractivity contribution < 1.29 is 4.58 Å². The number of hydrogen-bond acceptors (Lipinski definition) is 0. The molecule has 0 saturated carbocycles. The Hall–Kier alpha value is -2.02. The summed E-state index contributed by atoms with van der Waals surface area (Å²) in [4.78, 5) is 0. The van der Waals surface area contributed by atoms with Crippen LogP contribution in [0.15, 0.2) is 42.5 Å². The van der Waals surface area contributed by atoms with Crippen LogP contribution in [0, 0.1) is 6.92 Å². The minimum Gasteiger partial charge on any atom is -0.198 e. The van der Waals surface area contributed by atoms with Gasteiger partial charge in [-0.15, -0.1) is 0 Å². The molecule has 0 amide bonds. The van der Waals surface area contributed by atoms with E-state index < -0.39 is 0 Å². The van der Waals surface area contributed by atoms with E-state index in [9.17, 15) is 0 Å². The second-order valence-corrected chi connectivity index (χ2v) is 6.81. The lowest BCUT2D eigenvalue weighted by atomic mass is 9.49. The van der Waals surface area contributed by atoms with Gasteiger partial charge < -0.3 is 0 Å². The number of aryl methyl sites for hydroxylation is 1. The van der Waals surface area contributed by atoms with Crippen molar-refractivity contribution in [2.24, 2.45) is 0 Å². The summed E-state index contributed by atoms with van der Waals surface area (Å²) in [6, 6.07) is 13.1. The van der Waals surface area contributed by atoms with Gasteiger partial charge in [0.05, 0.1) is 13.6 Å². The first-order chi connectivity index (χ1) is 12.2. The molecule has 0 aliphatic carbocycles. The van der Waals surface area contributed by atoms with Crippen molar-refractivity contribution >= 4 is 37.8 Å². The van der Waals surface area contributed by atoms with Gasteiger partial charge in [0.1, 0.15) is 7.05 Å². The lowest BCUT2D eigenvalue weighted by Crippen LogP contribution is -2.24. The van der Waals surface area contributed by atoms with E-state index >= 15 is 0 Å². The molecule has 25 heavy (non-hydrogen) atoms. The quantitative estimate of drug-likeness (QED) is 0.562. The molecule has 0 N–H and O–H groups in total. The fraction of sp³-hybridized carbons (Fsp3) is 0.318. The Kier molecular flexibility index (Phi) is 5.63. The zero-order chi connectivity index (χ0) is 17.8. The van der Waals surface area contributed by atoms with Crippen LogP contribution < -0.4 is 5.46 Å². The van der Waals surface area contributed by atoms with Gasteiger partial charge in [-0.3, -0.25) is 0 Å². The van der Waals surface area contributed by atoms with Crippen molar-refractivity contribution in [2.75, 3.05) is 7.05 Å². The van der Waals surface area contributed by atoms with E-state index in [4.69, 9.17) is 7.74 Å². The topological polar surface area (TPSA) is 3.01 Å². The van der Waals surface area contributed by atoms with Crippen LogP contribution in [-0.4, -0.2) is 32.2 Å². The molecular formula is C22H25B2N+. The third-order valence-corrected chi connectivity index (χ3v) is 5.22. The normalized spacial score (nSPS) is 13.6. The first-order valence-corrected chi connectivity index (χ1v) is 9.18. The largest absolute Gasteiger partial charge is 0.208 e. The van der Waals surface area contributed by atoms with Gasteiger partial charge in [0, 0.05) is 25.4 Å². The molecule has 0 unspecified atom stereocenters. The second kappa shape index (κ2) is 7.91. The third-order valence-electron chi connectivity index (χ3n) is 5.22. The zero-order valence-corrected chi connectivity index (χ0v) is 15.5. The molecule has 0 spiro atoms. The van der Waals surface area contributed by atoms with E-state index in [1.165, 1.54) is 52.0 Å². The molecule has 2 aromatic rings. The average Bonchev–Trinajstić information content (AvgIpc) is 2.95. The zero-order valence-electron chi connectivity index (χ0n) is 15.5. The highest BCUT2D eigenvalue weighted by Crippen LogP contribution is 2.25. The Labute approximate surface area is 154 Å². The lowest BCUT2D eigenvalue weighted by Gasteiger charge is -2.14. The number of fused-ring (bicyclic) bond motifs is 1. The Balaban J connectivity index is 1.86. The van der Waals surface area contributed by atoms with E-state index in [2.05, 4.69) is 74.0 Å². The van der Waals surface area contributed by atoms with Gasteiger partial charge in [-0.1, -0.05) is 60.3 Å². The van der Waals surface area contributed by atoms with E-state index in [1.807, 2.05) is 0 Å². The van der Waals surface area contributed by atoms with Crippen molar-refractivity contribution in [1.29, 1.82) is 0 Å². The first kappa shape index (κ1) is 17.8. The Morgan fingerprint density at radius 1 is 1.16 bits per heavy atom. The van der Waals surface area contributed by atoms with E-state index in [0.29, 0.717) is 0 Å². The molecule has 123 valence electrons. The summed E-state index contributed by atoms with van der Waals surface area (Å²) >= 11 is 0. The van der Waals surface area contributed by atoms with Crippen molar-refractivity contribution in [3.8, 4) is 0 Å². The first-order valence-electron chi connectivity index (χ1n) is 9.18. The summed E-state index contributed by atoms with van der Waals surface area (Å²) in [5.74, 6) is 0. The second-order valence-electron chi connectivity index (χ2n) is 6.81. The SMILES string of the molecule is [B][B]c1c(CCCC)ccc(/C=C/C2=[N+](C)c3ccccc3C2)c1C. The molecule has 3 heteroatoms. The van der Waals surface area contributed by atoms with Gasteiger partial charge in [0.25, 0.3) is 0 Å². The maximum Gasteiger partial charge on any atom is 0.208 e. The summed E-state index contributed by atoms with van der Waals surface area (Å²) in [6.45, 7) is 4.40. The number of benzene rings is 2. The highest BCUT2D eigenvalue weighted by atomic mass is 15.0. The molecule has 3 radical (unpaired) electrons. The number of rotatable bonds is 6. The van der Waals surface area contributed by atoms with Crippen LogP contribution in [0.5, 0.6) is 0 Å². The summed E-state index contributed by atoms with van der Waals surface area (Å²) in [6.07, 6.45) is 8.97. The van der Waals surface area contributed by atoms with Gasteiger partial charge in [0.2, 0.25) is 5.69 Å². The number of para-hydroxylation sites is 1. The fourth-order valence-corrected chi connectivity index (χ4v) is 3.61. The molecule has 0 atom stereocenters. The predicted octanol–water partition coefficient (Wildman–Crippen LogP) is 3.73. The molecule has 1 aliphatic rings. The molecule has 1 nitrogen and oxygen atoms in total. The summed E-state index contributed by atoms with van der Waals surface area (Å²) in [7, 11) is 9.84. The Bertz CT molecular complexity index is 834. The van der Waals surface area contributed by atoms with E-state index in [-0.39, 0.29) is 0 Å². The van der Waals surface area contributed by atoms with Gasteiger partial charge in [-0.25, -0.2) is 0 Å². The summed E-state index contributed by atoms with van der Waals surface area (Å²) < 4.78 is 2.28. The minimum absolute atomic E-state index is 0.993. The third kappa shape index (κ3) is 3.66. The molecule has 0 fully saturated rings. The van der Waals surface area contributed by atoms with Crippen LogP contribution >= 0.6 is 0 Å². The average molecular weight is 325 g/mol. The molecule has 0 bridgehead atoms. The van der Waals surface area contributed by atoms with Crippen LogP contribution in [0.4, 0.5) is 5.69 Å². The maximum absolute atomic E-state index is 5.93. The Morgan fingerprint density at radius 2 is 1.96 bits per heavy atom. The Morgan fingerprint density at radius 3 is 2.68 bits per heavy atom. The lowest BCUT2D eigenvalue weighted by molar-refractivity contribution is -0.400. The fourth-order valence-electron chi connectivity index (χ4n) is 3.61. The van der Waals surface area contributed by atoms with E-state index in [0.717, 1.165) is 12.8 Å². The molecular weight excluding hydrogens is 300 g/mol. The van der Waals surface area contributed by atoms with Crippen LogP contribution in [0.3, 0.4) is 0 Å². The number of nitrogens with zero attached hydrogens (tertiary/aromatic N) is 1. The number of hydrogen-bond donors (Lipinski definition) is 0. The number of allylic oxidation sites excluding steroid dienone is 1. The van der Waals surface area contributed by atoms with Crippen LogP contribution in [0.1, 0.15) is 42.0 Å². The molecule has 0 saturated heterocycles. The van der Waals surface area contributed by atoms with Gasteiger partial charge >= 0.3 is 0 Å². The molecule has 3 rings (SSSR count). The van der Waals surface area contributed by atoms with Gasteiger partial charge in [-0.2, -0.15) is 4.58 Å². The molecule has 1 aliphatic heterocycles. The molecule has 2 aromatic carbocycles. The van der Waals surface area contributed by atoms with Crippen molar-refractivity contribution in [2.45, 2.75) is 39.5 Å². The maximum atomic E-state index is 5.93. The van der Waals surface area contributed by atoms with Crippen LogP contribution in [0.25, 0.3) is 6.08 Å². The summed E-state index contributed by atoms with van der Waals surface area (Å²) in [5, 5.41) is 0. The molecule has 0 aromatic heterocycles. The van der Waals surface area contributed by atoms with Crippen molar-refractivity contribution in [3.63, 3.8) is 0 Å². The monoisotopic (exact) mass is 325 g/mol. The van der Waals surface area contributed by atoms with Crippen LogP contribution in [0.2, 0.25) is 0 Å². The smallest absolute Gasteiger partial charge is 0.198 e. The van der Waals surface area contributed by atoms with Gasteiger partial charge in [0.15, 0.2) is 5.71 Å². The van der Waals surface area contributed by atoms with Crippen LogP contribution in [-0.2, 0) is 12.8 Å². The molecule has 1 heterocycles. The highest BCUT2D eigenvalue weighted by Gasteiger charge is 2.24. The van der Waals surface area contributed by atoms with Crippen molar-refractivity contribution in [1.82, 2.24) is 0 Å². The summed E-state index contributed by atoms with van der Waals surface area (Å²) in [5.41, 5.74) is 9.10. The van der Waals surface area contributed by atoms with E-state index in [1.54, 1.807) is 7.17 Å².